The van der Waals surface area contributed by atoms with Crippen molar-refractivity contribution in [3.63, 3.8) is 0 Å². The topological polar surface area (TPSA) is 55.4 Å². The van der Waals surface area contributed by atoms with Crippen molar-refractivity contribution < 1.29 is 13.2 Å². The van der Waals surface area contributed by atoms with E-state index in [1.54, 1.807) is 36.4 Å². The zero-order valence-corrected chi connectivity index (χ0v) is 13.5. The minimum Gasteiger partial charge on any atom is -0.495 e. The number of hydrogen-bond donors (Lipinski definition) is 1. The highest BCUT2D eigenvalue weighted by Crippen LogP contribution is 2.26. The SMILES string of the molecule is COc1ccccc1S(=O)(=O)Nc1ccc(Br)c(C)c1. The summed E-state index contributed by atoms with van der Waals surface area (Å²) in [5.41, 5.74) is 1.46. The third-order valence-electron chi connectivity index (χ3n) is 2.77. The van der Waals surface area contributed by atoms with Gasteiger partial charge in [0.2, 0.25) is 0 Å². The number of para-hydroxylation sites is 1. The Bertz CT molecular complexity index is 729. The molecular weight excluding hydrogens is 342 g/mol. The summed E-state index contributed by atoms with van der Waals surface area (Å²) in [6.07, 6.45) is 0. The number of hydrogen-bond acceptors (Lipinski definition) is 3. The Hall–Kier alpha value is -1.53. The van der Waals surface area contributed by atoms with E-state index in [0.29, 0.717) is 11.4 Å². The van der Waals surface area contributed by atoms with Gasteiger partial charge < -0.3 is 4.74 Å². The van der Waals surface area contributed by atoms with Crippen molar-refractivity contribution in [1.82, 2.24) is 0 Å². The second kappa shape index (κ2) is 5.85. The largest absolute Gasteiger partial charge is 0.495 e. The first-order valence-corrected chi connectivity index (χ1v) is 8.13. The molecule has 2 rings (SSSR count). The summed E-state index contributed by atoms with van der Waals surface area (Å²) in [7, 11) is -2.23. The second-order valence-corrected chi connectivity index (χ2v) is 6.73. The van der Waals surface area contributed by atoms with E-state index in [-0.39, 0.29) is 4.90 Å². The normalized spacial score (nSPS) is 11.2. The van der Waals surface area contributed by atoms with Gasteiger partial charge in [0.15, 0.2) is 0 Å². The lowest BCUT2D eigenvalue weighted by molar-refractivity contribution is 0.403. The molecule has 0 aliphatic heterocycles. The summed E-state index contributed by atoms with van der Waals surface area (Å²) < 4.78 is 33.3. The van der Waals surface area contributed by atoms with Gasteiger partial charge in [-0.05, 0) is 42.8 Å². The Labute approximate surface area is 127 Å². The highest BCUT2D eigenvalue weighted by molar-refractivity contribution is 9.10. The molecule has 0 spiro atoms. The van der Waals surface area contributed by atoms with Gasteiger partial charge in [-0.1, -0.05) is 28.1 Å². The van der Waals surface area contributed by atoms with Crippen LogP contribution in [0, 0.1) is 6.92 Å². The monoisotopic (exact) mass is 355 g/mol. The van der Waals surface area contributed by atoms with Gasteiger partial charge in [0, 0.05) is 10.2 Å². The van der Waals surface area contributed by atoms with Crippen molar-refractivity contribution in [3.05, 3.63) is 52.5 Å². The molecule has 0 amide bonds. The number of aryl methyl sites for hydroxylation is 1. The molecule has 0 aliphatic carbocycles. The Morgan fingerprint density at radius 2 is 1.85 bits per heavy atom. The van der Waals surface area contributed by atoms with E-state index in [4.69, 9.17) is 4.74 Å². The number of halogens is 1. The number of benzene rings is 2. The van der Waals surface area contributed by atoms with E-state index in [2.05, 4.69) is 20.7 Å². The van der Waals surface area contributed by atoms with Crippen LogP contribution in [0.15, 0.2) is 51.8 Å². The predicted molar refractivity (Wildman–Crippen MR) is 82.7 cm³/mol. The van der Waals surface area contributed by atoms with Crippen LogP contribution in [-0.4, -0.2) is 15.5 Å². The van der Waals surface area contributed by atoms with Crippen LogP contribution < -0.4 is 9.46 Å². The molecule has 0 heterocycles. The van der Waals surface area contributed by atoms with E-state index >= 15 is 0 Å². The fourth-order valence-electron chi connectivity index (χ4n) is 1.76. The molecule has 2 aromatic rings. The summed E-state index contributed by atoms with van der Waals surface area (Å²) in [5.74, 6) is 0.314. The fraction of sp³-hybridized carbons (Fsp3) is 0.143. The van der Waals surface area contributed by atoms with Gasteiger partial charge in [-0.15, -0.1) is 0 Å². The highest BCUT2D eigenvalue weighted by atomic mass is 79.9. The molecule has 0 atom stereocenters. The van der Waals surface area contributed by atoms with Crippen LogP contribution in [0.2, 0.25) is 0 Å². The van der Waals surface area contributed by atoms with E-state index in [1.807, 2.05) is 6.92 Å². The summed E-state index contributed by atoms with van der Waals surface area (Å²) in [5, 5.41) is 0. The number of sulfonamides is 1. The number of nitrogens with one attached hydrogen (secondary N) is 1. The molecule has 4 nitrogen and oxygen atoms in total. The maximum atomic E-state index is 12.4. The summed E-state index contributed by atoms with van der Waals surface area (Å²) in [6.45, 7) is 1.89. The van der Waals surface area contributed by atoms with Crippen molar-refractivity contribution >= 4 is 31.6 Å². The fourth-order valence-corrected chi connectivity index (χ4v) is 3.23. The van der Waals surface area contributed by atoms with E-state index in [1.165, 1.54) is 13.2 Å². The lowest BCUT2D eigenvalue weighted by Crippen LogP contribution is -2.14. The van der Waals surface area contributed by atoms with E-state index in [0.717, 1.165) is 10.0 Å². The highest BCUT2D eigenvalue weighted by Gasteiger charge is 2.19. The zero-order chi connectivity index (χ0) is 14.8. The van der Waals surface area contributed by atoms with Gasteiger partial charge in [-0.25, -0.2) is 8.42 Å². The molecule has 0 saturated carbocycles. The standard InChI is InChI=1S/C14H14BrNO3S/c1-10-9-11(7-8-12(10)15)16-20(17,18)14-6-4-3-5-13(14)19-2/h3-9,16H,1-2H3. The van der Waals surface area contributed by atoms with Gasteiger partial charge in [-0.2, -0.15) is 0 Å². The molecule has 106 valence electrons. The summed E-state index contributed by atoms with van der Waals surface area (Å²) in [6, 6.07) is 11.8. The van der Waals surface area contributed by atoms with Gasteiger partial charge in [0.05, 0.1) is 7.11 Å². The second-order valence-electron chi connectivity index (χ2n) is 4.22. The van der Waals surface area contributed by atoms with Crippen LogP contribution in [0.4, 0.5) is 5.69 Å². The smallest absolute Gasteiger partial charge is 0.265 e. The number of methoxy groups -OCH3 is 1. The van der Waals surface area contributed by atoms with Crippen molar-refractivity contribution in [3.8, 4) is 5.75 Å². The molecule has 6 heteroatoms. The maximum absolute atomic E-state index is 12.4. The Morgan fingerprint density at radius 3 is 2.50 bits per heavy atom. The van der Waals surface area contributed by atoms with Crippen LogP contribution in [0.5, 0.6) is 5.75 Å². The van der Waals surface area contributed by atoms with Gasteiger partial charge in [0.1, 0.15) is 10.6 Å². The molecule has 2 aromatic carbocycles. The average molecular weight is 356 g/mol. The first kappa shape index (κ1) is 14.9. The molecule has 1 N–H and O–H groups in total. The summed E-state index contributed by atoms with van der Waals surface area (Å²) >= 11 is 3.38. The molecule has 0 bridgehead atoms. The molecule has 0 radical (unpaired) electrons. The lowest BCUT2D eigenvalue weighted by Gasteiger charge is -2.12. The number of anilines is 1. The minimum atomic E-state index is -3.68. The zero-order valence-electron chi connectivity index (χ0n) is 11.1. The van der Waals surface area contributed by atoms with Crippen molar-refractivity contribution in [2.75, 3.05) is 11.8 Å². The third kappa shape index (κ3) is 3.13. The van der Waals surface area contributed by atoms with E-state index in [9.17, 15) is 8.42 Å². The van der Waals surface area contributed by atoms with Crippen molar-refractivity contribution in [2.45, 2.75) is 11.8 Å². The van der Waals surface area contributed by atoms with Crippen molar-refractivity contribution in [1.29, 1.82) is 0 Å². The Kier molecular flexibility index (Phi) is 4.35. The molecule has 0 saturated heterocycles. The first-order valence-electron chi connectivity index (χ1n) is 5.86. The predicted octanol–water partition coefficient (Wildman–Crippen LogP) is 3.57. The molecule has 0 aliphatic rings. The Morgan fingerprint density at radius 1 is 1.15 bits per heavy atom. The van der Waals surface area contributed by atoms with Gasteiger partial charge in [-0.3, -0.25) is 4.72 Å². The molecule has 20 heavy (non-hydrogen) atoms. The molecule has 0 aromatic heterocycles. The van der Waals surface area contributed by atoms with Crippen LogP contribution in [0.3, 0.4) is 0 Å². The minimum absolute atomic E-state index is 0.114. The van der Waals surface area contributed by atoms with Crippen molar-refractivity contribution in [2.24, 2.45) is 0 Å². The van der Waals surface area contributed by atoms with Gasteiger partial charge >= 0.3 is 0 Å². The summed E-state index contributed by atoms with van der Waals surface area (Å²) in [4.78, 5) is 0.114. The molecular formula is C14H14BrNO3S. The molecule has 0 unspecified atom stereocenters. The average Bonchev–Trinajstić information content (AvgIpc) is 2.42. The van der Waals surface area contributed by atoms with Gasteiger partial charge in [0.25, 0.3) is 10.0 Å². The van der Waals surface area contributed by atoms with Crippen LogP contribution >= 0.6 is 15.9 Å². The maximum Gasteiger partial charge on any atom is 0.265 e. The molecule has 0 fully saturated rings. The quantitative estimate of drug-likeness (QED) is 0.911. The van der Waals surface area contributed by atoms with E-state index < -0.39 is 10.0 Å². The number of ether oxygens (including phenoxy) is 1. The third-order valence-corrected chi connectivity index (χ3v) is 5.08. The van der Waals surface area contributed by atoms with Crippen LogP contribution in [-0.2, 0) is 10.0 Å². The lowest BCUT2D eigenvalue weighted by atomic mass is 10.2. The number of rotatable bonds is 4. The van der Waals surface area contributed by atoms with Crippen LogP contribution in [0.1, 0.15) is 5.56 Å². The first-order chi connectivity index (χ1) is 9.44. The Balaban J connectivity index is 2.38. The van der Waals surface area contributed by atoms with Crippen LogP contribution in [0.25, 0.3) is 0 Å².